The minimum atomic E-state index is -0.282. The molecule has 1 unspecified atom stereocenters. The zero-order valence-electron chi connectivity index (χ0n) is 8.20. The molecule has 3 nitrogen and oxygen atoms in total. The average molecular weight is 190 g/mol. The van der Waals surface area contributed by atoms with Gasteiger partial charge in [-0.15, -0.1) is 0 Å². The molecule has 0 saturated carbocycles. The second-order valence-corrected chi connectivity index (χ2v) is 3.11. The second kappa shape index (κ2) is 5.25. The van der Waals surface area contributed by atoms with Gasteiger partial charge < -0.3 is 5.11 Å². The van der Waals surface area contributed by atoms with Gasteiger partial charge in [0.25, 0.3) is 0 Å². The second-order valence-electron chi connectivity index (χ2n) is 3.11. The zero-order valence-corrected chi connectivity index (χ0v) is 8.20. The maximum absolute atomic E-state index is 9.08. The molecule has 0 radical (unpaired) electrons. The quantitative estimate of drug-likeness (QED) is 0.763. The predicted molar refractivity (Wildman–Crippen MR) is 54.8 cm³/mol. The summed E-state index contributed by atoms with van der Waals surface area (Å²) >= 11 is 0. The van der Waals surface area contributed by atoms with E-state index in [-0.39, 0.29) is 11.8 Å². The topological polar surface area (TPSA) is 56.0 Å². The van der Waals surface area contributed by atoms with E-state index in [0.717, 1.165) is 18.5 Å². The van der Waals surface area contributed by atoms with Crippen molar-refractivity contribution < 1.29 is 5.11 Å². The first-order valence-corrected chi connectivity index (χ1v) is 4.70. The van der Waals surface area contributed by atoms with Crippen LogP contribution in [0.2, 0.25) is 0 Å². The molecule has 1 rings (SSSR count). The van der Waals surface area contributed by atoms with Crippen molar-refractivity contribution in [2.45, 2.75) is 19.4 Å². The Hall–Kier alpha value is -1.53. The normalized spacial score (nSPS) is 12.0. The van der Waals surface area contributed by atoms with Crippen LogP contribution in [-0.4, -0.2) is 11.7 Å². The van der Waals surface area contributed by atoms with E-state index in [2.05, 4.69) is 18.3 Å². The molecular weight excluding hydrogens is 176 g/mol. The highest BCUT2D eigenvalue weighted by Crippen LogP contribution is 2.15. The Balaban J connectivity index is 2.70. The maximum atomic E-state index is 9.08. The Morgan fingerprint density at radius 2 is 2.07 bits per heavy atom. The summed E-state index contributed by atoms with van der Waals surface area (Å²) in [6, 6.07) is 8.59. The lowest BCUT2D eigenvalue weighted by atomic mass is 10.1. The fourth-order valence-electron chi connectivity index (χ4n) is 1.19. The van der Waals surface area contributed by atoms with Gasteiger partial charge in [-0.25, -0.2) is 0 Å². The molecule has 0 amide bonds. The summed E-state index contributed by atoms with van der Waals surface area (Å²) in [7, 11) is 0. The van der Waals surface area contributed by atoms with Crippen molar-refractivity contribution >= 4 is 0 Å². The van der Waals surface area contributed by atoms with Crippen LogP contribution in [0.3, 0.4) is 0 Å². The van der Waals surface area contributed by atoms with Crippen molar-refractivity contribution in [2.24, 2.45) is 0 Å². The Morgan fingerprint density at radius 1 is 1.43 bits per heavy atom. The van der Waals surface area contributed by atoms with Gasteiger partial charge in [-0.3, -0.25) is 5.32 Å². The largest absolute Gasteiger partial charge is 0.508 e. The molecule has 0 aliphatic heterocycles. The highest BCUT2D eigenvalue weighted by molar-refractivity contribution is 5.30. The fraction of sp³-hybridized carbons (Fsp3) is 0.364. The third kappa shape index (κ3) is 2.75. The molecule has 2 N–H and O–H groups in total. The van der Waals surface area contributed by atoms with Crippen molar-refractivity contribution in [1.82, 2.24) is 5.32 Å². The summed E-state index contributed by atoms with van der Waals surface area (Å²) in [5.41, 5.74) is 0.888. The van der Waals surface area contributed by atoms with E-state index < -0.39 is 0 Å². The summed E-state index contributed by atoms with van der Waals surface area (Å²) in [6.07, 6.45) is 0.996. The molecule has 3 heteroatoms. The first-order chi connectivity index (χ1) is 6.77. The number of rotatable bonds is 4. The molecule has 0 bridgehead atoms. The molecule has 0 saturated heterocycles. The van der Waals surface area contributed by atoms with E-state index in [1.807, 2.05) is 0 Å². The minimum absolute atomic E-state index is 0.223. The third-order valence-electron chi connectivity index (χ3n) is 1.95. The van der Waals surface area contributed by atoms with Crippen molar-refractivity contribution in [3.05, 3.63) is 29.8 Å². The van der Waals surface area contributed by atoms with Gasteiger partial charge in [0.1, 0.15) is 11.8 Å². The minimum Gasteiger partial charge on any atom is -0.508 e. The Labute approximate surface area is 84.0 Å². The summed E-state index contributed by atoms with van der Waals surface area (Å²) < 4.78 is 0. The van der Waals surface area contributed by atoms with E-state index >= 15 is 0 Å². The van der Waals surface area contributed by atoms with Gasteiger partial charge in [0.05, 0.1) is 6.07 Å². The van der Waals surface area contributed by atoms with Crippen molar-refractivity contribution in [3.8, 4) is 11.8 Å². The summed E-state index contributed by atoms with van der Waals surface area (Å²) in [5.74, 6) is 0.223. The molecule has 0 aliphatic carbocycles. The predicted octanol–water partition coefficient (Wildman–Crippen LogP) is 1.96. The molecular formula is C11H14N2O. The molecule has 1 atom stereocenters. The lowest BCUT2D eigenvalue weighted by molar-refractivity contribution is 0.474. The van der Waals surface area contributed by atoms with Crippen LogP contribution in [0, 0.1) is 11.3 Å². The Bertz CT molecular complexity index is 313. The number of benzene rings is 1. The Morgan fingerprint density at radius 3 is 2.57 bits per heavy atom. The molecule has 1 aromatic carbocycles. The number of nitriles is 1. The molecule has 14 heavy (non-hydrogen) atoms. The van der Waals surface area contributed by atoms with E-state index in [9.17, 15) is 0 Å². The van der Waals surface area contributed by atoms with Crippen LogP contribution in [0.15, 0.2) is 24.3 Å². The first kappa shape index (κ1) is 10.6. The van der Waals surface area contributed by atoms with Gasteiger partial charge in [0.2, 0.25) is 0 Å². The number of hydrogen-bond acceptors (Lipinski definition) is 3. The van der Waals surface area contributed by atoms with E-state index in [1.165, 1.54) is 0 Å². The molecule has 0 heterocycles. The van der Waals surface area contributed by atoms with Crippen LogP contribution in [0.4, 0.5) is 0 Å². The number of nitrogens with zero attached hydrogens (tertiary/aromatic N) is 1. The lowest BCUT2D eigenvalue weighted by Gasteiger charge is -2.10. The third-order valence-corrected chi connectivity index (χ3v) is 1.95. The molecule has 0 aliphatic rings. The van der Waals surface area contributed by atoms with Crippen molar-refractivity contribution in [1.29, 1.82) is 5.26 Å². The van der Waals surface area contributed by atoms with Gasteiger partial charge in [-0.1, -0.05) is 19.1 Å². The van der Waals surface area contributed by atoms with Crippen molar-refractivity contribution in [3.63, 3.8) is 0 Å². The molecule has 0 spiro atoms. The SMILES string of the molecule is CCCNC(C#N)c1ccc(O)cc1. The van der Waals surface area contributed by atoms with Crippen LogP contribution in [-0.2, 0) is 0 Å². The van der Waals surface area contributed by atoms with Crippen LogP contribution < -0.4 is 5.32 Å². The summed E-state index contributed by atoms with van der Waals surface area (Å²) in [4.78, 5) is 0. The number of nitrogens with one attached hydrogen (secondary N) is 1. The molecule has 0 aromatic heterocycles. The standard InChI is InChI=1S/C11H14N2O/c1-2-7-13-11(8-12)9-3-5-10(14)6-4-9/h3-6,11,13-14H,2,7H2,1H3. The van der Waals surface area contributed by atoms with Crippen LogP contribution >= 0.6 is 0 Å². The number of phenols is 1. The molecule has 1 aromatic rings. The zero-order chi connectivity index (χ0) is 10.4. The summed E-state index contributed by atoms with van der Waals surface area (Å²) in [5, 5.41) is 21.1. The molecule has 74 valence electrons. The van der Waals surface area contributed by atoms with Crippen LogP contribution in [0.5, 0.6) is 5.75 Å². The number of phenolic OH excluding ortho intramolecular Hbond substituents is 1. The maximum Gasteiger partial charge on any atom is 0.121 e. The number of hydrogen-bond donors (Lipinski definition) is 2. The van der Waals surface area contributed by atoms with Gasteiger partial charge in [0, 0.05) is 0 Å². The first-order valence-electron chi connectivity index (χ1n) is 4.70. The highest BCUT2D eigenvalue weighted by Gasteiger charge is 2.07. The van der Waals surface area contributed by atoms with E-state index in [0.29, 0.717) is 0 Å². The van der Waals surface area contributed by atoms with Crippen molar-refractivity contribution in [2.75, 3.05) is 6.54 Å². The highest BCUT2D eigenvalue weighted by atomic mass is 16.3. The number of aromatic hydroxyl groups is 1. The van der Waals surface area contributed by atoms with Gasteiger partial charge >= 0.3 is 0 Å². The smallest absolute Gasteiger partial charge is 0.121 e. The van der Waals surface area contributed by atoms with Gasteiger partial charge in [0.15, 0.2) is 0 Å². The summed E-state index contributed by atoms with van der Waals surface area (Å²) in [6.45, 7) is 2.87. The lowest BCUT2D eigenvalue weighted by Crippen LogP contribution is -2.20. The van der Waals surface area contributed by atoms with Crippen LogP contribution in [0.25, 0.3) is 0 Å². The van der Waals surface area contributed by atoms with Gasteiger partial charge in [-0.05, 0) is 30.7 Å². The van der Waals surface area contributed by atoms with Crippen LogP contribution in [0.1, 0.15) is 24.9 Å². The Kier molecular flexibility index (Phi) is 3.96. The monoisotopic (exact) mass is 190 g/mol. The fourth-order valence-corrected chi connectivity index (χ4v) is 1.19. The average Bonchev–Trinajstić information content (AvgIpc) is 2.21. The van der Waals surface area contributed by atoms with E-state index in [4.69, 9.17) is 10.4 Å². The van der Waals surface area contributed by atoms with Gasteiger partial charge in [-0.2, -0.15) is 5.26 Å². The molecule has 0 fully saturated rings. The van der Waals surface area contributed by atoms with E-state index in [1.54, 1.807) is 24.3 Å².